The lowest BCUT2D eigenvalue weighted by molar-refractivity contribution is -0.121. The lowest BCUT2D eigenvalue weighted by Crippen LogP contribution is -2.37. The van der Waals surface area contributed by atoms with Crippen LogP contribution < -0.4 is 5.32 Å². The predicted molar refractivity (Wildman–Crippen MR) is 122 cm³/mol. The van der Waals surface area contributed by atoms with E-state index in [4.69, 9.17) is 0 Å². The number of likely N-dealkylation sites (N-methyl/N-ethyl adjacent to an activating group) is 1. The SMILES string of the molecule is C=C(/C=C/CN(C)C)N1CCC(C(=O)Nc2cc(C)cs2)CC1.CC.CC. The normalized spacial score (nSPS) is 14.3. The van der Waals surface area contributed by atoms with E-state index >= 15 is 0 Å². The number of hydrogen-bond acceptors (Lipinski definition) is 4. The molecule has 1 saturated heterocycles. The molecule has 0 bridgehead atoms. The van der Waals surface area contributed by atoms with E-state index < -0.39 is 0 Å². The second-order valence-electron chi connectivity index (χ2n) is 6.39. The Hall–Kier alpha value is -1.59. The predicted octanol–water partition coefficient (Wildman–Crippen LogP) is 5.39. The molecule has 0 spiro atoms. The Morgan fingerprint density at radius 1 is 1.30 bits per heavy atom. The number of rotatable bonds is 6. The summed E-state index contributed by atoms with van der Waals surface area (Å²) in [4.78, 5) is 16.7. The van der Waals surface area contributed by atoms with Crippen molar-refractivity contribution in [2.24, 2.45) is 5.92 Å². The van der Waals surface area contributed by atoms with Crippen molar-refractivity contribution in [1.29, 1.82) is 0 Å². The highest BCUT2D eigenvalue weighted by Gasteiger charge is 2.25. The molecule has 2 heterocycles. The van der Waals surface area contributed by atoms with E-state index in [9.17, 15) is 4.79 Å². The molecule has 1 aromatic rings. The molecular weight excluding hydrogens is 354 g/mol. The molecule has 0 saturated carbocycles. The van der Waals surface area contributed by atoms with Crippen LogP contribution in [0.5, 0.6) is 0 Å². The zero-order chi connectivity index (χ0) is 20.8. The van der Waals surface area contributed by atoms with Gasteiger partial charge in [0.2, 0.25) is 5.91 Å². The van der Waals surface area contributed by atoms with Gasteiger partial charge >= 0.3 is 0 Å². The van der Waals surface area contributed by atoms with Gasteiger partial charge in [-0.15, -0.1) is 11.3 Å². The fourth-order valence-corrected chi connectivity index (χ4v) is 3.45. The topological polar surface area (TPSA) is 35.6 Å². The van der Waals surface area contributed by atoms with E-state index in [2.05, 4.69) is 39.2 Å². The highest BCUT2D eigenvalue weighted by molar-refractivity contribution is 7.14. The Labute approximate surface area is 170 Å². The zero-order valence-corrected chi connectivity index (χ0v) is 19.2. The molecule has 4 nitrogen and oxygen atoms in total. The van der Waals surface area contributed by atoms with Gasteiger partial charge in [-0.2, -0.15) is 0 Å². The Morgan fingerprint density at radius 2 is 1.89 bits per heavy atom. The van der Waals surface area contributed by atoms with Crippen molar-refractivity contribution in [2.45, 2.75) is 47.5 Å². The third-order valence-corrected chi connectivity index (χ3v) is 4.99. The number of piperidine rings is 1. The van der Waals surface area contributed by atoms with Gasteiger partial charge in [-0.3, -0.25) is 4.79 Å². The summed E-state index contributed by atoms with van der Waals surface area (Å²) in [5.74, 6) is 0.257. The molecule has 1 N–H and O–H groups in total. The average Bonchev–Trinajstić information content (AvgIpc) is 3.09. The van der Waals surface area contributed by atoms with Crippen molar-refractivity contribution < 1.29 is 4.79 Å². The lowest BCUT2D eigenvalue weighted by Gasteiger charge is -2.33. The second-order valence-corrected chi connectivity index (χ2v) is 7.31. The van der Waals surface area contributed by atoms with E-state index in [1.54, 1.807) is 11.3 Å². The summed E-state index contributed by atoms with van der Waals surface area (Å²) >= 11 is 1.59. The van der Waals surface area contributed by atoms with E-state index in [1.165, 1.54) is 5.56 Å². The van der Waals surface area contributed by atoms with E-state index in [-0.39, 0.29) is 11.8 Å². The van der Waals surface area contributed by atoms with Gasteiger partial charge in [-0.05, 0) is 56.9 Å². The number of allylic oxidation sites excluding steroid dienone is 1. The highest BCUT2D eigenvalue weighted by atomic mass is 32.1. The van der Waals surface area contributed by atoms with Gasteiger partial charge in [0.15, 0.2) is 0 Å². The van der Waals surface area contributed by atoms with Gasteiger partial charge in [0.1, 0.15) is 0 Å². The quantitative estimate of drug-likeness (QED) is 0.658. The van der Waals surface area contributed by atoms with Crippen LogP contribution in [0, 0.1) is 12.8 Å². The summed E-state index contributed by atoms with van der Waals surface area (Å²) in [5.41, 5.74) is 2.24. The average molecular weight is 394 g/mol. The van der Waals surface area contributed by atoms with Crippen molar-refractivity contribution in [1.82, 2.24) is 9.80 Å². The van der Waals surface area contributed by atoms with Crippen LogP contribution in [-0.2, 0) is 4.79 Å². The number of amides is 1. The first-order valence-corrected chi connectivity index (χ1v) is 10.9. The minimum Gasteiger partial charge on any atom is -0.372 e. The van der Waals surface area contributed by atoms with Crippen molar-refractivity contribution in [2.75, 3.05) is 39.0 Å². The molecule has 0 radical (unpaired) electrons. The number of hydrogen-bond donors (Lipinski definition) is 1. The molecule has 1 fully saturated rings. The van der Waals surface area contributed by atoms with Gasteiger partial charge in [0.25, 0.3) is 0 Å². The lowest BCUT2D eigenvalue weighted by atomic mass is 9.95. The molecular formula is C22H39N3OS. The maximum atomic E-state index is 12.3. The first kappa shape index (κ1) is 25.4. The third kappa shape index (κ3) is 9.78. The fraction of sp³-hybridized carbons (Fsp3) is 0.591. The monoisotopic (exact) mass is 393 g/mol. The Kier molecular flexibility index (Phi) is 13.6. The smallest absolute Gasteiger partial charge is 0.228 e. The van der Waals surface area contributed by atoms with Crippen LogP contribution in [0.2, 0.25) is 0 Å². The molecule has 1 aliphatic heterocycles. The molecule has 0 unspecified atom stereocenters. The van der Waals surface area contributed by atoms with Gasteiger partial charge in [-0.25, -0.2) is 0 Å². The number of likely N-dealkylation sites (tertiary alicyclic amines) is 1. The van der Waals surface area contributed by atoms with Gasteiger partial charge in [-0.1, -0.05) is 40.3 Å². The molecule has 5 heteroatoms. The molecule has 154 valence electrons. The van der Waals surface area contributed by atoms with Crippen molar-refractivity contribution in [3.8, 4) is 0 Å². The number of carbonyl (C=O) groups excluding carboxylic acids is 1. The molecule has 1 amide bonds. The molecule has 27 heavy (non-hydrogen) atoms. The summed E-state index contributed by atoms with van der Waals surface area (Å²) in [6, 6.07) is 2.02. The summed E-state index contributed by atoms with van der Waals surface area (Å²) < 4.78 is 0. The number of nitrogens with one attached hydrogen (secondary N) is 1. The van der Waals surface area contributed by atoms with E-state index in [0.29, 0.717) is 0 Å². The fourth-order valence-electron chi connectivity index (χ4n) is 2.65. The minimum atomic E-state index is 0.104. The number of thiophene rings is 1. The van der Waals surface area contributed by atoms with Crippen LogP contribution in [0.3, 0.4) is 0 Å². The highest BCUT2D eigenvalue weighted by Crippen LogP contribution is 2.24. The van der Waals surface area contributed by atoms with Crippen LogP contribution in [0.4, 0.5) is 5.00 Å². The summed E-state index contributed by atoms with van der Waals surface area (Å²) in [6.07, 6.45) is 5.97. The van der Waals surface area contributed by atoms with Crippen molar-refractivity contribution in [3.63, 3.8) is 0 Å². The number of carbonyl (C=O) groups is 1. The summed E-state index contributed by atoms with van der Waals surface area (Å²) in [7, 11) is 4.10. The maximum absolute atomic E-state index is 12.3. The van der Waals surface area contributed by atoms with Crippen molar-refractivity contribution in [3.05, 3.63) is 41.4 Å². The maximum Gasteiger partial charge on any atom is 0.228 e. The summed E-state index contributed by atoms with van der Waals surface area (Å²) in [5, 5.41) is 6.05. The first-order chi connectivity index (χ1) is 13.0. The molecule has 0 aromatic carbocycles. The Bertz CT molecular complexity index is 570. The van der Waals surface area contributed by atoms with Gasteiger partial charge in [0, 0.05) is 31.2 Å². The largest absolute Gasteiger partial charge is 0.372 e. The number of aryl methyl sites for hydroxylation is 1. The molecule has 2 rings (SSSR count). The summed E-state index contributed by atoms with van der Waals surface area (Å²) in [6.45, 7) is 16.9. The number of nitrogens with zero attached hydrogens (tertiary/aromatic N) is 2. The molecule has 1 aromatic heterocycles. The van der Waals surface area contributed by atoms with Crippen LogP contribution in [-0.4, -0.2) is 49.4 Å². The van der Waals surface area contributed by atoms with Gasteiger partial charge < -0.3 is 15.1 Å². The molecule has 0 aliphatic carbocycles. The Morgan fingerprint density at radius 3 is 2.37 bits per heavy atom. The van der Waals surface area contributed by atoms with E-state index in [1.807, 2.05) is 54.8 Å². The van der Waals surface area contributed by atoms with Gasteiger partial charge in [0.05, 0.1) is 5.00 Å². The number of anilines is 1. The van der Waals surface area contributed by atoms with Crippen LogP contribution in [0.1, 0.15) is 46.1 Å². The standard InChI is InChI=1S/C18H27N3OS.2C2H6/c1-14-12-17(23-13-14)19-18(22)16-7-10-21(11-8-16)15(2)6-5-9-20(3)4;2*1-2/h5-6,12-13,16H,2,7-11H2,1,3-4H3,(H,19,22);2*1-2H3/b6-5+;;. The van der Waals surface area contributed by atoms with E-state index in [0.717, 1.165) is 43.2 Å². The zero-order valence-electron chi connectivity index (χ0n) is 18.3. The minimum absolute atomic E-state index is 0.104. The molecule has 1 aliphatic rings. The first-order valence-electron chi connectivity index (χ1n) is 10.1. The molecule has 0 atom stereocenters. The van der Waals surface area contributed by atoms with Crippen molar-refractivity contribution >= 4 is 22.2 Å². The van der Waals surface area contributed by atoms with Crippen LogP contribution in [0.25, 0.3) is 0 Å². The van der Waals surface area contributed by atoms with Crippen LogP contribution >= 0.6 is 11.3 Å². The second kappa shape index (κ2) is 14.5. The Balaban J connectivity index is 0.00000158. The third-order valence-electron chi connectivity index (χ3n) is 4.03. The van der Waals surface area contributed by atoms with Crippen LogP contribution in [0.15, 0.2) is 35.9 Å².